The topological polar surface area (TPSA) is 89.6 Å². The van der Waals surface area contributed by atoms with Crippen molar-refractivity contribution in [3.05, 3.63) is 42.3 Å². The standard InChI is InChI=1S/C21H24FN3O4/c1-21(2,3)29-20(27)24-17-8-7-14(11-16(17)22)28-15-9-10-23-18(12-15)25-19(26)13-5-4-6-13/h7-13H,4-6H2,1-3H3,(H,24,27)(H,23,25,26). The summed E-state index contributed by atoms with van der Waals surface area (Å²) in [7, 11) is 0. The SMILES string of the molecule is CC(C)(C)OC(=O)Nc1ccc(Oc2ccnc(NC(=O)C3CCC3)c2)cc1F. The monoisotopic (exact) mass is 401 g/mol. The molecule has 0 bridgehead atoms. The molecule has 1 fully saturated rings. The van der Waals surface area contributed by atoms with E-state index in [0.29, 0.717) is 11.6 Å². The van der Waals surface area contributed by atoms with Crippen LogP contribution in [0.2, 0.25) is 0 Å². The zero-order valence-electron chi connectivity index (χ0n) is 16.6. The Morgan fingerprint density at radius 3 is 2.45 bits per heavy atom. The largest absolute Gasteiger partial charge is 0.457 e. The van der Waals surface area contributed by atoms with Crippen molar-refractivity contribution in [2.24, 2.45) is 5.92 Å². The van der Waals surface area contributed by atoms with Gasteiger partial charge in [-0.05, 0) is 51.8 Å². The summed E-state index contributed by atoms with van der Waals surface area (Å²) in [5, 5.41) is 5.13. The van der Waals surface area contributed by atoms with E-state index in [-0.39, 0.29) is 23.3 Å². The highest BCUT2D eigenvalue weighted by Gasteiger charge is 2.25. The van der Waals surface area contributed by atoms with Crippen molar-refractivity contribution in [3.8, 4) is 11.5 Å². The molecule has 1 aliphatic carbocycles. The third-order valence-corrected chi connectivity index (χ3v) is 4.27. The molecule has 2 N–H and O–H groups in total. The van der Waals surface area contributed by atoms with Gasteiger partial charge >= 0.3 is 6.09 Å². The summed E-state index contributed by atoms with van der Waals surface area (Å²) < 4.78 is 25.1. The van der Waals surface area contributed by atoms with Gasteiger partial charge in [0.1, 0.15) is 22.9 Å². The number of anilines is 2. The molecule has 1 heterocycles. The van der Waals surface area contributed by atoms with Gasteiger partial charge in [0.25, 0.3) is 0 Å². The van der Waals surface area contributed by atoms with E-state index in [1.54, 1.807) is 32.9 Å². The molecule has 0 spiro atoms. The maximum absolute atomic E-state index is 14.3. The fourth-order valence-electron chi connectivity index (χ4n) is 2.65. The van der Waals surface area contributed by atoms with Crippen molar-refractivity contribution >= 4 is 23.5 Å². The third-order valence-electron chi connectivity index (χ3n) is 4.27. The summed E-state index contributed by atoms with van der Waals surface area (Å²) in [5.41, 5.74) is -0.703. The Balaban J connectivity index is 1.63. The fraction of sp³-hybridized carbons (Fsp3) is 0.381. The molecule has 0 saturated heterocycles. The molecule has 0 aliphatic heterocycles. The third kappa shape index (κ3) is 5.91. The van der Waals surface area contributed by atoms with E-state index in [9.17, 15) is 14.0 Å². The zero-order chi connectivity index (χ0) is 21.0. The molecule has 1 aromatic carbocycles. The Hall–Kier alpha value is -3.16. The molecule has 1 aliphatic rings. The first-order chi connectivity index (χ1) is 13.7. The maximum Gasteiger partial charge on any atom is 0.412 e. The molecular formula is C21H24FN3O4. The average molecular weight is 401 g/mol. The van der Waals surface area contributed by atoms with Crippen LogP contribution in [-0.4, -0.2) is 22.6 Å². The Kier molecular flexibility index (Phi) is 6.00. The summed E-state index contributed by atoms with van der Waals surface area (Å²) in [6.07, 6.45) is 3.61. The minimum absolute atomic E-state index is 0.0187. The van der Waals surface area contributed by atoms with Crippen LogP contribution in [0.15, 0.2) is 36.5 Å². The van der Waals surface area contributed by atoms with Crippen molar-refractivity contribution in [1.82, 2.24) is 4.98 Å². The van der Waals surface area contributed by atoms with Crippen LogP contribution in [0, 0.1) is 11.7 Å². The Morgan fingerprint density at radius 1 is 1.10 bits per heavy atom. The zero-order valence-corrected chi connectivity index (χ0v) is 16.6. The van der Waals surface area contributed by atoms with Crippen LogP contribution in [0.3, 0.4) is 0 Å². The highest BCUT2D eigenvalue weighted by molar-refractivity contribution is 5.92. The van der Waals surface area contributed by atoms with Gasteiger partial charge in [-0.25, -0.2) is 14.2 Å². The molecule has 3 rings (SSSR count). The quantitative estimate of drug-likeness (QED) is 0.728. The maximum atomic E-state index is 14.3. The second-order valence-corrected chi connectivity index (χ2v) is 7.86. The molecule has 0 unspecified atom stereocenters. The van der Waals surface area contributed by atoms with Gasteiger partial charge in [-0.2, -0.15) is 0 Å². The van der Waals surface area contributed by atoms with Gasteiger partial charge in [0, 0.05) is 24.2 Å². The van der Waals surface area contributed by atoms with Crippen molar-refractivity contribution in [2.45, 2.75) is 45.6 Å². The molecule has 1 saturated carbocycles. The van der Waals surface area contributed by atoms with Crippen molar-refractivity contribution in [1.29, 1.82) is 0 Å². The van der Waals surface area contributed by atoms with E-state index < -0.39 is 17.5 Å². The number of ether oxygens (including phenoxy) is 2. The van der Waals surface area contributed by atoms with Gasteiger partial charge in [-0.15, -0.1) is 0 Å². The lowest BCUT2D eigenvalue weighted by Crippen LogP contribution is -2.28. The predicted octanol–water partition coefficient (Wildman–Crippen LogP) is 5.10. The lowest BCUT2D eigenvalue weighted by atomic mass is 9.85. The number of rotatable bonds is 5. The van der Waals surface area contributed by atoms with Crippen LogP contribution in [0.1, 0.15) is 40.0 Å². The number of hydrogen-bond acceptors (Lipinski definition) is 5. The second kappa shape index (κ2) is 8.46. The van der Waals surface area contributed by atoms with Gasteiger partial charge in [0.05, 0.1) is 5.69 Å². The molecule has 1 aromatic heterocycles. The van der Waals surface area contributed by atoms with Crippen LogP contribution >= 0.6 is 0 Å². The van der Waals surface area contributed by atoms with E-state index in [4.69, 9.17) is 9.47 Å². The molecule has 8 heteroatoms. The average Bonchev–Trinajstić information content (AvgIpc) is 2.54. The molecule has 2 amide bonds. The van der Waals surface area contributed by atoms with Crippen LogP contribution in [0.25, 0.3) is 0 Å². The Bertz CT molecular complexity index is 907. The summed E-state index contributed by atoms with van der Waals surface area (Å²) in [6, 6.07) is 7.22. The van der Waals surface area contributed by atoms with Crippen molar-refractivity contribution < 1.29 is 23.5 Å². The number of carbonyl (C=O) groups excluding carboxylic acids is 2. The fourth-order valence-corrected chi connectivity index (χ4v) is 2.65. The molecule has 2 aromatic rings. The van der Waals surface area contributed by atoms with Crippen LogP contribution in [0.5, 0.6) is 11.5 Å². The first-order valence-electron chi connectivity index (χ1n) is 9.44. The number of nitrogens with zero attached hydrogens (tertiary/aromatic N) is 1. The summed E-state index contributed by atoms with van der Waals surface area (Å²) in [6.45, 7) is 5.16. The lowest BCUT2D eigenvalue weighted by Gasteiger charge is -2.23. The number of amides is 2. The molecule has 7 nitrogen and oxygen atoms in total. The van der Waals surface area contributed by atoms with Gasteiger partial charge in [0.2, 0.25) is 5.91 Å². The second-order valence-electron chi connectivity index (χ2n) is 7.86. The van der Waals surface area contributed by atoms with Gasteiger partial charge in [-0.3, -0.25) is 10.1 Å². The van der Waals surface area contributed by atoms with Gasteiger partial charge in [-0.1, -0.05) is 6.42 Å². The number of pyridine rings is 1. The number of halogens is 1. The Labute approximate surface area is 168 Å². The number of nitrogens with one attached hydrogen (secondary N) is 2. The molecule has 0 atom stereocenters. The molecule has 29 heavy (non-hydrogen) atoms. The van der Waals surface area contributed by atoms with Gasteiger partial charge < -0.3 is 14.8 Å². The highest BCUT2D eigenvalue weighted by atomic mass is 19.1. The van der Waals surface area contributed by atoms with Crippen LogP contribution < -0.4 is 15.4 Å². The van der Waals surface area contributed by atoms with E-state index in [2.05, 4.69) is 15.6 Å². The van der Waals surface area contributed by atoms with E-state index >= 15 is 0 Å². The first-order valence-corrected chi connectivity index (χ1v) is 9.44. The number of aromatic nitrogens is 1. The minimum atomic E-state index is -0.744. The summed E-state index contributed by atoms with van der Waals surface area (Å²) in [4.78, 5) is 27.9. The molecule has 154 valence electrons. The van der Waals surface area contributed by atoms with E-state index in [0.717, 1.165) is 25.3 Å². The first kappa shape index (κ1) is 20.6. The van der Waals surface area contributed by atoms with Gasteiger partial charge in [0.15, 0.2) is 5.82 Å². The molecule has 0 radical (unpaired) electrons. The van der Waals surface area contributed by atoms with Crippen LogP contribution in [0.4, 0.5) is 20.7 Å². The highest BCUT2D eigenvalue weighted by Crippen LogP contribution is 2.29. The van der Waals surface area contributed by atoms with E-state index in [1.807, 2.05) is 0 Å². The number of hydrogen-bond donors (Lipinski definition) is 2. The smallest absolute Gasteiger partial charge is 0.412 e. The number of carbonyl (C=O) groups is 2. The van der Waals surface area contributed by atoms with Crippen molar-refractivity contribution in [2.75, 3.05) is 10.6 Å². The number of benzene rings is 1. The van der Waals surface area contributed by atoms with Crippen molar-refractivity contribution in [3.63, 3.8) is 0 Å². The van der Waals surface area contributed by atoms with Crippen LogP contribution in [-0.2, 0) is 9.53 Å². The molecular weight excluding hydrogens is 377 g/mol. The summed E-state index contributed by atoms with van der Waals surface area (Å²) in [5.74, 6) is 0.338. The predicted molar refractivity (Wildman–Crippen MR) is 107 cm³/mol. The normalized spacial score (nSPS) is 13.9. The minimum Gasteiger partial charge on any atom is -0.457 e. The lowest BCUT2D eigenvalue weighted by molar-refractivity contribution is -0.122. The Morgan fingerprint density at radius 2 is 1.83 bits per heavy atom. The summed E-state index contributed by atoms with van der Waals surface area (Å²) >= 11 is 0. The van der Waals surface area contributed by atoms with E-state index in [1.165, 1.54) is 18.3 Å².